The number of hydrogen-bond acceptors (Lipinski definition) is 4. The number of rotatable bonds is 10. The van der Waals surface area contributed by atoms with E-state index < -0.39 is 23.8 Å². The van der Waals surface area contributed by atoms with E-state index in [4.69, 9.17) is 4.74 Å². The molecular formula is C32H47N3O4. The molecule has 3 unspecified atom stereocenters. The summed E-state index contributed by atoms with van der Waals surface area (Å²) < 4.78 is 5.46. The van der Waals surface area contributed by atoms with Crippen LogP contribution in [0.5, 0.6) is 0 Å². The average molecular weight is 538 g/mol. The van der Waals surface area contributed by atoms with Gasteiger partial charge in [0, 0.05) is 11.7 Å². The molecule has 0 aliphatic heterocycles. The molecule has 0 heterocycles. The summed E-state index contributed by atoms with van der Waals surface area (Å²) in [6.45, 7) is 19.0. The van der Waals surface area contributed by atoms with Gasteiger partial charge in [-0.05, 0) is 82.6 Å². The minimum Gasteiger partial charge on any atom is -0.444 e. The van der Waals surface area contributed by atoms with E-state index in [1.807, 2.05) is 84.0 Å². The first-order valence-corrected chi connectivity index (χ1v) is 14.0. The zero-order chi connectivity index (χ0) is 29.5. The van der Waals surface area contributed by atoms with E-state index in [-0.39, 0.29) is 23.8 Å². The molecule has 0 bridgehead atoms. The fourth-order valence-corrected chi connectivity index (χ4v) is 4.48. The monoisotopic (exact) mass is 537 g/mol. The number of nitrogens with zero attached hydrogens (tertiary/aromatic N) is 1. The van der Waals surface area contributed by atoms with Crippen LogP contribution in [0.2, 0.25) is 0 Å². The third kappa shape index (κ3) is 8.57. The lowest BCUT2D eigenvalue weighted by atomic mass is 9.95. The molecule has 3 amide bonds. The Bertz CT molecular complexity index is 1110. The van der Waals surface area contributed by atoms with Crippen molar-refractivity contribution < 1.29 is 19.1 Å². The van der Waals surface area contributed by atoms with Crippen LogP contribution in [-0.2, 0) is 20.7 Å². The van der Waals surface area contributed by atoms with Gasteiger partial charge in [-0.15, -0.1) is 0 Å². The number of ether oxygens (including phenoxy) is 1. The minimum atomic E-state index is -0.904. The molecule has 7 nitrogen and oxygen atoms in total. The largest absolute Gasteiger partial charge is 0.444 e. The van der Waals surface area contributed by atoms with E-state index in [2.05, 4.69) is 17.6 Å². The molecule has 3 atom stereocenters. The first kappa shape index (κ1) is 31.9. The number of hydrogen-bond donors (Lipinski definition) is 2. The first-order chi connectivity index (χ1) is 18.2. The highest BCUT2D eigenvalue weighted by atomic mass is 16.6. The van der Waals surface area contributed by atoms with Crippen LogP contribution >= 0.6 is 0 Å². The summed E-state index contributed by atoms with van der Waals surface area (Å²) in [5.41, 5.74) is 3.76. The summed E-state index contributed by atoms with van der Waals surface area (Å²) in [5, 5.41) is 5.89. The second-order valence-corrected chi connectivity index (χ2v) is 11.6. The SMILES string of the molecule is CCc1ccc(C(C(=O)Nc2c(C)cccc2C)N(C(=O)C(NC(=O)OC(C)(C)C)C(C)C)C(C)CC)cc1. The molecule has 2 aromatic rings. The first-order valence-electron chi connectivity index (χ1n) is 14.0. The Morgan fingerprint density at radius 1 is 0.923 bits per heavy atom. The van der Waals surface area contributed by atoms with Gasteiger partial charge >= 0.3 is 6.09 Å². The summed E-state index contributed by atoms with van der Waals surface area (Å²) in [5.74, 6) is -0.863. The fraction of sp³-hybridized carbons (Fsp3) is 0.531. The van der Waals surface area contributed by atoms with Crippen LogP contribution in [0.4, 0.5) is 10.5 Å². The summed E-state index contributed by atoms with van der Waals surface area (Å²) in [6, 6.07) is 11.6. The van der Waals surface area contributed by atoms with Crippen molar-refractivity contribution in [2.75, 3.05) is 5.32 Å². The molecule has 0 aromatic heterocycles. The topological polar surface area (TPSA) is 87.7 Å². The lowest BCUT2D eigenvalue weighted by Gasteiger charge is -2.39. The van der Waals surface area contributed by atoms with Gasteiger partial charge in [0.1, 0.15) is 17.7 Å². The van der Waals surface area contributed by atoms with Crippen molar-refractivity contribution in [1.82, 2.24) is 10.2 Å². The van der Waals surface area contributed by atoms with E-state index in [0.29, 0.717) is 12.0 Å². The Hall–Kier alpha value is -3.35. The molecular weight excluding hydrogens is 490 g/mol. The number of benzene rings is 2. The van der Waals surface area contributed by atoms with E-state index >= 15 is 0 Å². The number of alkyl carbamates (subject to hydrolysis) is 1. The maximum absolute atomic E-state index is 14.3. The third-order valence-electron chi connectivity index (χ3n) is 6.88. The Balaban J connectivity index is 2.61. The fourth-order valence-electron chi connectivity index (χ4n) is 4.48. The van der Waals surface area contributed by atoms with Crippen LogP contribution in [0.15, 0.2) is 42.5 Å². The lowest BCUT2D eigenvalue weighted by molar-refractivity contribution is -0.144. The smallest absolute Gasteiger partial charge is 0.408 e. The summed E-state index contributed by atoms with van der Waals surface area (Å²) >= 11 is 0. The Kier molecular flexibility index (Phi) is 11.1. The van der Waals surface area contributed by atoms with Gasteiger partial charge in [-0.25, -0.2) is 4.79 Å². The normalized spacial score (nSPS) is 13.8. The maximum atomic E-state index is 14.3. The second-order valence-electron chi connectivity index (χ2n) is 11.6. The van der Waals surface area contributed by atoms with Crippen molar-refractivity contribution >= 4 is 23.6 Å². The average Bonchev–Trinajstić information content (AvgIpc) is 2.86. The molecule has 214 valence electrons. The molecule has 0 aliphatic rings. The highest BCUT2D eigenvalue weighted by molar-refractivity contribution is 6.00. The van der Waals surface area contributed by atoms with Crippen molar-refractivity contribution in [2.45, 2.75) is 106 Å². The van der Waals surface area contributed by atoms with Crippen molar-refractivity contribution in [2.24, 2.45) is 5.92 Å². The van der Waals surface area contributed by atoms with E-state index in [9.17, 15) is 14.4 Å². The van der Waals surface area contributed by atoms with Crippen LogP contribution in [0.25, 0.3) is 0 Å². The molecule has 0 saturated carbocycles. The molecule has 7 heteroatoms. The van der Waals surface area contributed by atoms with Crippen LogP contribution in [0.3, 0.4) is 0 Å². The highest BCUT2D eigenvalue weighted by Gasteiger charge is 2.39. The van der Waals surface area contributed by atoms with Crippen LogP contribution in [0.1, 0.15) is 90.1 Å². The van der Waals surface area contributed by atoms with Gasteiger partial charge in [0.15, 0.2) is 0 Å². The molecule has 2 rings (SSSR count). The van der Waals surface area contributed by atoms with Gasteiger partial charge in [-0.1, -0.05) is 70.2 Å². The van der Waals surface area contributed by atoms with E-state index in [0.717, 1.165) is 28.8 Å². The number of para-hydroxylation sites is 1. The molecule has 2 aromatic carbocycles. The second kappa shape index (κ2) is 13.6. The van der Waals surface area contributed by atoms with Crippen molar-refractivity contribution in [1.29, 1.82) is 0 Å². The molecule has 0 fully saturated rings. The van der Waals surface area contributed by atoms with Crippen LogP contribution in [-0.4, -0.2) is 40.5 Å². The minimum absolute atomic E-state index is 0.235. The highest BCUT2D eigenvalue weighted by Crippen LogP contribution is 2.30. The van der Waals surface area contributed by atoms with Gasteiger partial charge in [0.05, 0.1) is 0 Å². The molecule has 0 radical (unpaired) electrons. The number of anilines is 1. The third-order valence-corrected chi connectivity index (χ3v) is 6.88. The van der Waals surface area contributed by atoms with Crippen molar-refractivity contribution in [3.8, 4) is 0 Å². The molecule has 39 heavy (non-hydrogen) atoms. The Morgan fingerprint density at radius 3 is 1.95 bits per heavy atom. The lowest BCUT2D eigenvalue weighted by Crippen LogP contribution is -2.56. The molecule has 0 aliphatic carbocycles. The predicted octanol–water partition coefficient (Wildman–Crippen LogP) is 6.72. The number of carbonyl (C=O) groups excluding carboxylic acids is 3. The van der Waals surface area contributed by atoms with E-state index in [1.165, 1.54) is 0 Å². The Morgan fingerprint density at radius 2 is 1.49 bits per heavy atom. The zero-order valence-electron chi connectivity index (χ0n) is 25.3. The standard InChI is InChI=1S/C32H47N3O4/c1-11-23(7)35(30(37)26(20(3)4)34-31(38)39-32(8,9)10)28(25-18-16-24(12-2)17-19-25)29(36)33-27-21(5)14-13-15-22(27)6/h13-20,23,26,28H,11-12H2,1-10H3,(H,33,36)(H,34,38). The van der Waals surface area contributed by atoms with Gasteiger partial charge in [0.25, 0.3) is 5.91 Å². The molecule has 0 saturated heterocycles. The van der Waals surface area contributed by atoms with Gasteiger partial charge in [-0.3, -0.25) is 9.59 Å². The number of nitrogens with one attached hydrogen (secondary N) is 2. The molecule has 2 N–H and O–H groups in total. The summed E-state index contributed by atoms with van der Waals surface area (Å²) in [7, 11) is 0. The van der Waals surface area contributed by atoms with E-state index in [1.54, 1.807) is 25.7 Å². The van der Waals surface area contributed by atoms with Crippen molar-refractivity contribution in [3.63, 3.8) is 0 Å². The zero-order valence-corrected chi connectivity index (χ0v) is 25.3. The number of amides is 3. The Labute approximate surface area is 234 Å². The number of carbonyl (C=O) groups is 3. The number of aryl methyl sites for hydroxylation is 3. The van der Waals surface area contributed by atoms with Crippen molar-refractivity contribution in [3.05, 3.63) is 64.7 Å². The van der Waals surface area contributed by atoms with Gasteiger partial charge in [-0.2, -0.15) is 0 Å². The van der Waals surface area contributed by atoms with Gasteiger partial charge < -0.3 is 20.3 Å². The molecule has 0 spiro atoms. The predicted molar refractivity (Wildman–Crippen MR) is 158 cm³/mol. The maximum Gasteiger partial charge on any atom is 0.408 e. The summed E-state index contributed by atoms with van der Waals surface area (Å²) in [4.78, 5) is 42.8. The van der Waals surface area contributed by atoms with Crippen LogP contribution < -0.4 is 10.6 Å². The van der Waals surface area contributed by atoms with Gasteiger partial charge in [0.2, 0.25) is 5.91 Å². The summed E-state index contributed by atoms with van der Waals surface area (Å²) in [6.07, 6.45) is 0.828. The quantitative estimate of drug-likeness (QED) is 0.352. The van der Waals surface area contributed by atoms with Crippen LogP contribution in [0, 0.1) is 19.8 Å².